The van der Waals surface area contributed by atoms with Crippen LogP contribution in [0.4, 0.5) is 0 Å². The van der Waals surface area contributed by atoms with Gasteiger partial charge >= 0.3 is 0 Å². The van der Waals surface area contributed by atoms with Crippen molar-refractivity contribution in [1.29, 1.82) is 0 Å². The molecule has 38 heavy (non-hydrogen) atoms. The molecule has 0 spiro atoms. The molecule has 2 nitrogen and oxygen atoms in total. The molecule has 5 aromatic rings. The smallest absolute Gasteiger partial charge is 0.0795 e. The fourth-order valence-electron chi connectivity index (χ4n) is 3.80. The number of pyridine rings is 2. The van der Waals surface area contributed by atoms with E-state index >= 15 is 0 Å². The molecular weight excluding hydrogens is 657 g/mol. The molecule has 0 aliphatic rings. The number of aromatic nitrogens is 2. The largest absolute Gasteiger partial charge is 0.305 e. The van der Waals surface area contributed by atoms with E-state index in [9.17, 15) is 0 Å². The van der Waals surface area contributed by atoms with Crippen LogP contribution in [-0.4, -0.2) is 18.0 Å². The molecule has 0 saturated carbocycles. The van der Waals surface area contributed by atoms with Gasteiger partial charge in [-0.1, -0.05) is 81.9 Å². The Kier molecular flexibility index (Phi) is 8.54. The maximum Gasteiger partial charge on any atom is 0.0795 e. The van der Waals surface area contributed by atoms with Crippen molar-refractivity contribution in [2.24, 2.45) is 0 Å². The summed E-state index contributed by atoms with van der Waals surface area (Å²) >= 11 is 0. The minimum absolute atomic E-state index is 0. The summed E-state index contributed by atoms with van der Waals surface area (Å²) in [5.41, 5.74) is 5.64. The topological polar surface area (TPSA) is 25.8 Å². The summed E-state index contributed by atoms with van der Waals surface area (Å²) in [6.45, 7) is 6.67. The first-order valence-corrected chi connectivity index (χ1v) is 15.8. The quantitative estimate of drug-likeness (QED) is 0.137. The Morgan fingerprint density at radius 3 is 2.16 bits per heavy atom. The van der Waals surface area contributed by atoms with Crippen molar-refractivity contribution >= 4 is 13.3 Å². The number of nitrogens with zero attached hydrogens (tertiary/aromatic N) is 2. The average Bonchev–Trinajstić information content (AvgIpc) is 2.98. The minimum atomic E-state index is -2.08. The summed E-state index contributed by atoms with van der Waals surface area (Å²) in [4.78, 5) is 8.87. The van der Waals surface area contributed by atoms with Gasteiger partial charge in [0.05, 0.1) is 8.07 Å². The summed E-state index contributed by atoms with van der Waals surface area (Å²) < 4.78 is 30.8. The van der Waals surface area contributed by atoms with Crippen LogP contribution in [0.3, 0.4) is 0 Å². The van der Waals surface area contributed by atoms with Gasteiger partial charge in [-0.15, -0.1) is 71.3 Å². The maximum atomic E-state index is 8.73. The molecule has 2 aromatic heterocycles. The van der Waals surface area contributed by atoms with E-state index in [1.165, 1.54) is 11.3 Å². The summed E-state index contributed by atoms with van der Waals surface area (Å²) in [7, 11) is -1.34. The molecule has 4 heteroatoms. The van der Waals surface area contributed by atoms with E-state index in [0.717, 1.165) is 33.6 Å². The van der Waals surface area contributed by atoms with Gasteiger partial charge in [0.15, 0.2) is 0 Å². The molecule has 1 unspecified atom stereocenters. The normalized spacial score (nSPS) is 14.2. The number of hydrogen-bond acceptors (Lipinski definition) is 2. The molecule has 0 bridgehead atoms. The number of aryl methyl sites for hydroxylation is 1. The van der Waals surface area contributed by atoms with Crippen LogP contribution >= 0.6 is 0 Å². The van der Waals surface area contributed by atoms with Gasteiger partial charge in [0, 0.05) is 43.9 Å². The first-order valence-electron chi connectivity index (χ1n) is 14.3. The Morgan fingerprint density at radius 2 is 1.55 bits per heavy atom. The maximum absolute atomic E-state index is 8.73. The Bertz CT molecular complexity index is 1500. The Balaban J connectivity index is 0.000000225. The van der Waals surface area contributed by atoms with Crippen molar-refractivity contribution in [3.05, 3.63) is 138 Å². The molecule has 0 amide bonds. The van der Waals surface area contributed by atoms with Crippen LogP contribution in [-0.2, 0) is 20.1 Å². The van der Waals surface area contributed by atoms with Gasteiger partial charge in [-0.25, -0.2) is 0 Å². The van der Waals surface area contributed by atoms with Crippen LogP contribution in [0.15, 0.2) is 109 Å². The molecule has 0 saturated heterocycles. The second-order valence-corrected chi connectivity index (χ2v) is 14.9. The van der Waals surface area contributed by atoms with Gasteiger partial charge in [-0.05, 0) is 33.8 Å². The molecule has 3 aromatic carbocycles. The van der Waals surface area contributed by atoms with Crippen molar-refractivity contribution in [1.82, 2.24) is 9.97 Å². The third kappa shape index (κ3) is 7.91. The van der Waals surface area contributed by atoms with Crippen LogP contribution in [0.5, 0.6) is 0 Å². The molecule has 0 fully saturated rings. The number of rotatable bonds is 5. The molecule has 0 aliphatic carbocycles. The molecular formula is C34H34IrN2Si-2. The van der Waals surface area contributed by atoms with Gasteiger partial charge in [-0.2, -0.15) is 0 Å². The Hall–Kier alpha value is -3.17. The fourth-order valence-corrected chi connectivity index (χ4v) is 4.83. The molecule has 1 radical (unpaired) electrons. The van der Waals surface area contributed by atoms with Crippen LogP contribution in [0.2, 0.25) is 19.6 Å². The second-order valence-electron chi connectivity index (χ2n) is 9.87. The third-order valence-electron chi connectivity index (χ3n) is 6.10. The molecule has 5 rings (SSSR count). The minimum Gasteiger partial charge on any atom is -0.305 e. The first-order chi connectivity index (χ1) is 19.4. The van der Waals surface area contributed by atoms with Crippen LogP contribution in [0.1, 0.15) is 35.0 Å². The van der Waals surface area contributed by atoms with E-state index in [0.29, 0.717) is 5.56 Å². The van der Waals surface area contributed by atoms with E-state index < -0.39 is 20.8 Å². The summed E-state index contributed by atoms with van der Waals surface area (Å²) in [6.07, 6.45) is 3.69. The van der Waals surface area contributed by atoms with Crippen molar-refractivity contribution < 1.29 is 25.6 Å². The van der Waals surface area contributed by atoms with E-state index in [4.69, 9.17) is 5.48 Å². The van der Waals surface area contributed by atoms with Crippen molar-refractivity contribution in [3.8, 4) is 22.5 Å². The van der Waals surface area contributed by atoms with Crippen molar-refractivity contribution in [2.45, 2.75) is 39.3 Å². The van der Waals surface area contributed by atoms with Crippen LogP contribution < -0.4 is 5.19 Å². The van der Waals surface area contributed by atoms with Crippen molar-refractivity contribution in [3.63, 3.8) is 0 Å². The molecule has 1 atom stereocenters. The molecule has 0 aliphatic heterocycles. The summed E-state index contributed by atoms with van der Waals surface area (Å²) in [6, 6.07) is 36.7. The van der Waals surface area contributed by atoms with E-state index in [1.807, 2.05) is 85.9 Å². The standard InChI is InChI=1S/C19H16N.C15H18NSi.Ir/c1-15(16-8-4-2-5-9-16)18-12-13-20-19(14-18)17-10-6-3-7-11-17;1-12-5-7-13(8-6-12)15-10-9-14(11-16-15)17(2,3)4;/h2-10,12-15H,1H3;5-7,9-11H,1-4H3;/q2*-1;/i15D;1D3;. The van der Waals surface area contributed by atoms with Crippen LogP contribution in [0.25, 0.3) is 22.5 Å². The van der Waals surface area contributed by atoms with Gasteiger partial charge < -0.3 is 9.97 Å². The zero-order chi connectivity index (χ0) is 29.7. The summed E-state index contributed by atoms with van der Waals surface area (Å²) in [5.74, 6) is -0.798. The Labute approximate surface area is 248 Å². The van der Waals surface area contributed by atoms with Gasteiger partial charge in [0.25, 0.3) is 0 Å². The van der Waals surface area contributed by atoms with Crippen LogP contribution in [0, 0.1) is 19.0 Å². The zero-order valence-electron chi connectivity index (χ0n) is 26.1. The molecule has 0 N–H and O–H groups in total. The number of benzene rings is 3. The monoisotopic (exact) mass is 695 g/mol. The average molecular weight is 695 g/mol. The molecule has 2 heterocycles. The second kappa shape index (κ2) is 13.6. The predicted molar refractivity (Wildman–Crippen MR) is 159 cm³/mol. The van der Waals surface area contributed by atoms with Gasteiger partial charge in [-0.3, -0.25) is 0 Å². The van der Waals surface area contributed by atoms with Gasteiger partial charge in [0.1, 0.15) is 0 Å². The zero-order valence-corrected chi connectivity index (χ0v) is 25.5. The van der Waals surface area contributed by atoms with E-state index in [1.54, 1.807) is 18.3 Å². The Morgan fingerprint density at radius 1 is 0.789 bits per heavy atom. The first kappa shape index (κ1) is 23.9. The number of hydrogen-bond donors (Lipinski definition) is 0. The van der Waals surface area contributed by atoms with Crippen molar-refractivity contribution in [2.75, 3.05) is 0 Å². The SMILES string of the molecule is [2H]C(C)(c1ccccc1)c1ccnc(-c2[c-]cccc2)c1.[2H]C([2H])([2H])c1c[c-]c(-c2ccc([Si](C)(C)C)cn2)cc1.[Ir]. The predicted octanol–water partition coefficient (Wildman–Crippen LogP) is 8.10. The summed E-state index contributed by atoms with van der Waals surface area (Å²) in [5, 5.41) is 1.31. The van der Waals surface area contributed by atoms with E-state index in [-0.39, 0.29) is 20.1 Å². The van der Waals surface area contributed by atoms with Gasteiger partial charge in [0.2, 0.25) is 0 Å². The molecule has 195 valence electrons. The fraction of sp³-hybridized carbons (Fsp3) is 0.176. The third-order valence-corrected chi connectivity index (χ3v) is 8.13. The van der Waals surface area contributed by atoms with E-state index in [2.05, 4.69) is 47.8 Å².